The van der Waals surface area contributed by atoms with Crippen molar-refractivity contribution in [2.45, 2.75) is 26.7 Å². The molecule has 1 aromatic carbocycles. The van der Waals surface area contributed by atoms with Crippen LogP contribution in [0, 0.1) is 6.92 Å². The van der Waals surface area contributed by atoms with Gasteiger partial charge in [0.05, 0.1) is 19.1 Å². The van der Waals surface area contributed by atoms with Gasteiger partial charge in [0.1, 0.15) is 16.6 Å². The molecule has 0 saturated carbocycles. The number of amides is 1. The van der Waals surface area contributed by atoms with E-state index in [0.717, 1.165) is 22.4 Å². The average Bonchev–Trinajstić information content (AvgIpc) is 2.83. The molecule has 134 valence electrons. The minimum Gasteiger partial charge on any atom is -0.496 e. The van der Waals surface area contributed by atoms with E-state index < -0.39 is 5.97 Å². The van der Waals surface area contributed by atoms with Gasteiger partial charge in [0, 0.05) is 0 Å². The Labute approximate surface area is 157 Å². The second kappa shape index (κ2) is 8.01. The zero-order valence-corrected chi connectivity index (χ0v) is 16.5. The van der Waals surface area contributed by atoms with E-state index in [1.807, 2.05) is 25.1 Å². The quantitative estimate of drug-likeness (QED) is 0.443. The third kappa shape index (κ3) is 4.22. The number of carbonyl (C=O) groups excluding carboxylic acids is 2. The lowest BCUT2D eigenvalue weighted by molar-refractivity contribution is -0.143. The van der Waals surface area contributed by atoms with Crippen LogP contribution in [-0.4, -0.2) is 41.9 Å². The molecule has 0 spiro atoms. The van der Waals surface area contributed by atoms with Gasteiger partial charge in [-0.15, -0.1) is 0 Å². The first kappa shape index (κ1) is 19.5. The Morgan fingerprint density at radius 2 is 2.04 bits per heavy atom. The highest BCUT2D eigenvalue weighted by Crippen LogP contribution is 2.35. The Kier molecular flexibility index (Phi) is 6.24. The van der Waals surface area contributed by atoms with E-state index in [2.05, 4.69) is 18.6 Å². The first-order valence-corrected chi connectivity index (χ1v) is 9.01. The number of rotatable bonds is 5. The van der Waals surface area contributed by atoms with Crippen molar-refractivity contribution < 1.29 is 19.1 Å². The molecular weight excluding hydrogens is 358 g/mol. The van der Waals surface area contributed by atoms with E-state index in [1.54, 1.807) is 7.11 Å². The highest BCUT2D eigenvalue weighted by Gasteiger charge is 2.33. The largest absolute Gasteiger partial charge is 0.496 e. The Hall–Kier alpha value is -1.86. The molecule has 1 saturated heterocycles. The lowest BCUT2D eigenvalue weighted by Crippen LogP contribution is -2.33. The van der Waals surface area contributed by atoms with Crippen molar-refractivity contribution >= 4 is 46.3 Å². The number of thiocarbonyl (C=S) groups is 1. The van der Waals surface area contributed by atoms with Gasteiger partial charge in [-0.1, -0.05) is 37.8 Å². The molecule has 0 aliphatic carbocycles. The van der Waals surface area contributed by atoms with Gasteiger partial charge in [0.25, 0.3) is 5.91 Å². The van der Waals surface area contributed by atoms with Crippen LogP contribution < -0.4 is 4.74 Å². The summed E-state index contributed by atoms with van der Waals surface area (Å²) in [6.45, 7) is 5.98. The number of aryl methyl sites for hydroxylation is 1. The molecule has 1 aromatic rings. The summed E-state index contributed by atoms with van der Waals surface area (Å²) < 4.78 is 10.4. The van der Waals surface area contributed by atoms with E-state index in [9.17, 15) is 9.59 Å². The molecule has 0 bridgehead atoms. The van der Waals surface area contributed by atoms with E-state index in [0.29, 0.717) is 9.23 Å². The van der Waals surface area contributed by atoms with Crippen molar-refractivity contribution in [2.75, 3.05) is 20.8 Å². The van der Waals surface area contributed by atoms with Crippen molar-refractivity contribution in [1.82, 2.24) is 4.90 Å². The van der Waals surface area contributed by atoms with Crippen LogP contribution in [0.5, 0.6) is 5.75 Å². The van der Waals surface area contributed by atoms with Crippen LogP contribution in [0.3, 0.4) is 0 Å². The molecule has 0 radical (unpaired) electrons. The first-order valence-electron chi connectivity index (χ1n) is 7.79. The van der Waals surface area contributed by atoms with Crippen molar-refractivity contribution in [2.24, 2.45) is 0 Å². The maximum atomic E-state index is 12.5. The monoisotopic (exact) mass is 379 g/mol. The van der Waals surface area contributed by atoms with E-state index in [-0.39, 0.29) is 18.4 Å². The highest BCUT2D eigenvalue weighted by atomic mass is 32.2. The van der Waals surface area contributed by atoms with Gasteiger partial charge in [0.15, 0.2) is 0 Å². The maximum absolute atomic E-state index is 12.5. The number of esters is 1. The van der Waals surface area contributed by atoms with Crippen LogP contribution >= 0.6 is 24.0 Å². The third-order valence-corrected chi connectivity index (χ3v) is 5.29. The normalized spacial score (nSPS) is 16.1. The highest BCUT2D eigenvalue weighted by molar-refractivity contribution is 8.26. The van der Waals surface area contributed by atoms with Crippen molar-refractivity contribution in [1.29, 1.82) is 0 Å². The number of benzene rings is 1. The number of hydrogen-bond acceptors (Lipinski definition) is 6. The number of ether oxygens (including phenoxy) is 2. The molecule has 0 N–H and O–H groups in total. The molecule has 2 rings (SSSR count). The number of hydrogen-bond donors (Lipinski definition) is 0. The molecule has 0 atom stereocenters. The number of thioether (sulfide) groups is 1. The summed E-state index contributed by atoms with van der Waals surface area (Å²) in [4.78, 5) is 25.8. The molecule has 7 heteroatoms. The Balaban J connectivity index is 2.37. The summed E-state index contributed by atoms with van der Waals surface area (Å²) in [5.41, 5.74) is 3.01. The topological polar surface area (TPSA) is 55.8 Å². The number of carbonyl (C=O) groups is 2. The summed E-state index contributed by atoms with van der Waals surface area (Å²) in [5.74, 6) is 0.349. The zero-order chi connectivity index (χ0) is 18.7. The first-order chi connectivity index (χ1) is 11.8. The van der Waals surface area contributed by atoms with Crippen LogP contribution in [0.25, 0.3) is 6.08 Å². The van der Waals surface area contributed by atoms with Crippen LogP contribution in [0.2, 0.25) is 0 Å². The minimum absolute atomic E-state index is 0.169. The predicted octanol–water partition coefficient (Wildman–Crippen LogP) is 3.50. The van der Waals surface area contributed by atoms with Gasteiger partial charge in [-0.3, -0.25) is 14.5 Å². The summed E-state index contributed by atoms with van der Waals surface area (Å²) in [6.07, 6.45) is 1.82. The third-order valence-electron chi connectivity index (χ3n) is 3.92. The molecule has 1 fully saturated rings. The lowest BCUT2D eigenvalue weighted by Gasteiger charge is -2.15. The molecule has 1 amide bonds. The molecule has 25 heavy (non-hydrogen) atoms. The van der Waals surface area contributed by atoms with Gasteiger partial charge in [-0.25, -0.2) is 0 Å². The minimum atomic E-state index is -0.500. The smallest absolute Gasteiger partial charge is 0.325 e. The fourth-order valence-corrected chi connectivity index (χ4v) is 3.72. The summed E-state index contributed by atoms with van der Waals surface area (Å²) in [6, 6.07) is 4.00. The standard InChI is InChI=1S/C18H21NO4S2/c1-10(2)13-7-12(11(3)6-14(13)22-4)8-15-17(21)19(18(24)25-15)9-16(20)23-5/h6-8,10H,9H2,1-5H3/b15-8-. The molecule has 1 heterocycles. The molecular formula is C18H21NO4S2. The van der Waals surface area contributed by atoms with E-state index >= 15 is 0 Å². The van der Waals surface area contributed by atoms with Crippen LogP contribution in [0.1, 0.15) is 36.5 Å². The Morgan fingerprint density at radius 1 is 1.36 bits per heavy atom. The fourth-order valence-electron chi connectivity index (χ4n) is 2.47. The summed E-state index contributed by atoms with van der Waals surface area (Å²) in [7, 11) is 2.93. The Morgan fingerprint density at radius 3 is 2.60 bits per heavy atom. The summed E-state index contributed by atoms with van der Waals surface area (Å²) in [5, 5.41) is 0. The maximum Gasteiger partial charge on any atom is 0.325 e. The molecule has 1 aliphatic rings. The van der Waals surface area contributed by atoms with E-state index in [4.69, 9.17) is 17.0 Å². The van der Waals surface area contributed by atoms with Crippen molar-refractivity contribution in [3.05, 3.63) is 33.7 Å². The van der Waals surface area contributed by atoms with Gasteiger partial charge in [0.2, 0.25) is 0 Å². The average molecular weight is 380 g/mol. The van der Waals surface area contributed by atoms with Gasteiger partial charge >= 0.3 is 5.97 Å². The SMILES string of the molecule is COC(=O)CN1C(=O)/C(=C/c2cc(C(C)C)c(OC)cc2C)SC1=S. The van der Waals surface area contributed by atoms with Crippen LogP contribution in [0.15, 0.2) is 17.0 Å². The molecule has 1 aliphatic heterocycles. The second-order valence-corrected chi connectivity index (χ2v) is 7.63. The predicted molar refractivity (Wildman–Crippen MR) is 104 cm³/mol. The molecule has 0 aromatic heterocycles. The van der Waals surface area contributed by atoms with Gasteiger partial charge < -0.3 is 9.47 Å². The van der Waals surface area contributed by atoms with Crippen LogP contribution in [0.4, 0.5) is 0 Å². The number of methoxy groups -OCH3 is 2. The fraction of sp³-hybridized carbons (Fsp3) is 0.389. The zero-order valence-electron chi connectivity index (χ0n) is 14.9. The van der Waals surface area contributed by atoms with Crippen molar-refractivity contribution in [3.8, 4) is 5.75 Å². The molecule has 0 unspecified atom stereocenters. The van der Waals surface area contributed by atoms with Gasteiger partial charge in [-0.05, 0) is 47.7 Å². The van der Waals surface area contributed by atoms with Crippen molar-refractivity contribution in [3.63, 3.8) is 0 Å². The molecule has 5 nitrogen and oxygen atoms in total. The lowest BCUT2D eigenvalue weighted by atomic mass is 9.96. The number of nitrogens with zero attached hydrogens (tertiary/aromatic N) is 1. The van der Waals surface area contributed by atoms with Crippen LogP contribution in [-0.2, 0) is 14.3 Å². The Bertz CT molecular complexity index is 756. The second-order valence-electron chi connectivity index (χ2n) is 5.95. The van der Waals surface area contributed by atoms with Gasteiger partial charge in [-0.2, -0.15) is 0 Å². The summed E-state index contributed by atoms with van der Waals surface area (Å²) >= 11 is 6.41. The van der Waals surface area contributed by atoms with E-state index in [1.165, 1.54) is 23.8 Å².